The van der Waals surface area contributed by atoms with E-state index in [1.165, 1.54) is 0 Å². The highest BCUT2D eigenvalue weighted by atomic mass is 32.2. The maximum absolute atomic E-state index is 11.5. The summed E-state index contributed by atoms with van der Waals surface area (Å²) >= 11 is 0. The van der Waals surface area contributed by atoms with Crippen LogP contribution in [0.25, 0.3) is 10.9 Å². The van der Waals surface area contributed by atoms with Crippen molar-refractivity contribution in [3.8, 4) is 11.5 Å². The summed E-state index contributed by atoms with van der Waals surface area (Å²) in [6, 6.07) is 23.9. The van der Waals surface area contributed by atoms with Crippen molar-refractivity contribution in [3.05, 3.63) is 84.7 Å². The van der Waals surface area contributed by atoms with Crippen LogP contribution >= 0.6 is 0 Å². The van der Waals surface area contributed by atoms with Gasteiger partial charge in [-0.25, -0.2) is 9.97 Å². The van der Waals surface area contributed by atoms with E-state index in [0.717, 1.165) is 77.0 Å². The van der Waals surface area contributed by atoms with Crippen LogP contribution < -0.4 is 14.8 Å². The third kappa shape index (κ3) is 6.59. The van der Waals surface area contributed by atoms with E-state index < -0.39 is 10.8 Å². The molecule has 1 aliphatic rings. The van der Waals surface area contributed by atoms with Crippen molar-refractivity contribution in [1.82, 2.24) is 14.9 Å². The number of nitrogens with one attached hydrogen (secondary N) is 1. The van der Waals surface area contributed by atoms with Crippen molar-refractivity contribution < 1.29 is 13.7 Å². The number of rotatable bonds is 10. The van der Waals surface area contributed by atoms with Gasteiger partial charge < -0.3 is 19.7 Å². The summed E-state index contributed by atoms with van der Waals surface area (Å²) in [6.45, 7) is 3.98. The van der Waals surface area contributed by atoms with Gasteiger partial charge in [-0.05, 0) is 48.4 Å². The molecule has 8 heteroatoms. The molecular weight excluding hydrogens is 472 g/mol. The summed E-state index contributed by atoms with van der Waals surface area (Å²) in [4.78, 5) is 11.2. The quantitative estimate of drug-likeness (QED) is 0.313. The molecule has 5 rings (SSSR count). The monoisotopic (exact) mass is 502 g/mol. The Hall–Kier alpha value is -3.49. The molecular formula is C28H30N4O3S. The van der Waals surface area contributed by atoms with E-state index in [4.69, 9.17) is 9.47 Å². The van der Waals surface area contributed by atoms with E-state index in [0.29, 0.717) is 13.2 Å². The Kier molecular flexibility index (Phi) is 8.05. The fraction of sp³-hybridized carbons (Fsp3) is 0.286. The molecule has 0 spiro atoms. The molecule has 186 valence electrons. The molecule has 4 aromatic rings. The zero-order chi connectivity index (χ0) is 24.6. The van der Waals surface area contributed by atoms with Crippen molar-refractivity contribution in [2.24, 2.45) is 0 Å². The average Bonchev–Trinajstić information content (AvgIpc) is 2.92. The Morgan fingerprint density at radius 1 is 0.889 bits per heavy atom. The summed E-state index contributed by atoms with van der Waals surface area (Å²) in [5.41, 5.74) is 2.88. The maximum atomic E-state index is 11.5. The van der Waals surface area contributed by atoms with Crippen molar-refractivity contribution in [2.45, 2.75) is 13.0 Å². The lowest BCUT2D eigenvalue weighted by atomic mass is 10.2. The number of benzene rings is 3. The van der Waals surface area contributed by atoms with E-state index in [2.05, 4.69) is 20.2 Å². The third-order valence-electron chi connectivity index (χ3n) is 6.13. The lowest BCUT2D eigenvalue weighted by Gasteiger charge is -2.25. The molecule has 1 aromatic heterocycles. The highest BCUT2D eigenvalue weighted by Gasteiger charge is 2.14. The summed E-state index contributed by atoms with van der Waals surface area (Å²) < 4.78 is 23.3. The van der Waals surface area contributed by atoms with Gasteiger partial charge in [0.25, 0.3) is 0 Å². The number of anilines is 2. The van der Waals surface area contributed by atoms with Crippen molar-refractivity contribution in [1.29, 1.82) is 0 Å². The van der Waals surface area contributed by atoms with E-state index in [1.54, 1.807) is 6.33 Å². The number of hydrogen-bond acceptors (Lipinski definition) is 7. The van der Waals surface area contributed by atoms with Crippen LogP contribution in [0.4, 0.5) is 11.5 Å². The molecule has 0 aliphatic carbocycles. The summed E-state index contributed by atoms with van der Waals surface area (Å²) in [5, 5.41) is 4.31. The zero-order valence-electron chi connectivity index (χ0n) is 20.1. The molecule has 0 saturated carbocycles. The van der Waals surface area contributed by atoms with Crippen LogP contribution in [0.3, 0.4) is 0 Å². The van der Waals surface area contributed by atoms with Crippen LogP contribution in [0.5, 0.6) is 11.5 Å². The predicted molar refractivity (Wildman–Crippen MR) is 144 cm³/mol. The topological polar surface area (TPSA) is 76.6 Å². The Labute approximate surface area is 213 Å². The number of nitrogens with zero attached hydrogens (tertiary/aromatic N) is 3. The number of hydrogen-bond donors (Lipinski definition) is 1. The van der Waals surface area contributed by atoms with Crippen LogP contribution in [-0.4, -0.2) is 56.8 Å². The second-order valence-electron chi connectivity index (χ2n) is 8.72. The van der Waals surface area contributed by atoms with Crippen LogP contribution in [0.2, 0.25) is 0 Å². The molecule has 1 saturated heterocycles. The molecule has 2 heterocycles. The Balaban J connectivity index is 1.15. The second kappa shape index (κ2) is 12.0. The first kappa shape index (κ1) is 24.2. The number of ether oxygens (including phenoxy) is 2. The molecule has 0 atom stereocenters. The minimum absolute atomic E-state index is 0.537. The fourth-order valence-electron chi connectivity index (χ4n) is 4.12. The van der Waals surface area contributed by atoms with Gasteiger partial charge >= 0.3 is 0 Å². The normalized spacial score (nSPS) is 14.6. The van der Waals surface area contributed by atoms with Crippen molar-refractivity contribution >= 4 is 33.2 Å². The Morgan fingerprint density at radius 2 is 1.67 bits per heavy atom. The van der Waals surface area contributed by atoms with Gasteiger partial charge in [0.05, 0.1) is 12.1 Å². The first-order chi connectivity index (χ1) is 17.7. The molecule has 0 amide bonds. The fourth-order valence-corrected chi connectivity index (χ4v) is 5.24. The first-order valence-corrected chi connectivity index (χ1v) is 13.7. The van der Waals surface area contributed by atoms with Crippen LogP contribution in [0, 0.1) is 0 Å². The van der Waals surface area contributed by atoms with Gasteiger partial charge in [-0.2, -0.15) is 0 Å². The predicted octanol–water partition coefficient (Wildman–Crippen LogP) is 4.79. The summed E-state index contributed by atoms with van der Waals surface area (Å²) in [5.74, 6) is 3.93. The lowest BCUT2D eigenvalue weighted by molar-refractivity contribution is 0.247. The molecule has 3 aromatic carbocycles. The van der Waals surface area contributed by atoms with Crippen molar-refractivity contribution in [2.75, 3.05) is 43.1 Å². The minimum atomic E-state index is -0.631. The van der Waals surface area contributed by atoms with Gasteiger partial charge in [0.1, 0.15) is 30.3 Å². The zero-order valence-corrected chi connectivity index (χ0v) is 21.0. The Morgan fingerprint density at radius 3 is 2.47 bits per heavy atom. The smallest absolute Gasteiger partial charge is 0.141 e. The molecule has 7 nitrogen and oxygen atoms in total. The van der Waals surface area contributed by atoms with Gasteiger partial charge in [-0.15, -0.1) is 0 Å². The Bertz CT molecular complexity index is 1290. The highest BCUT2D eigenvalue weighted by molar-refractivity contribution is 7.85. The van der Waals surface area contributed by atoms with Gasteiger partial charge in [-0.1, -0.05) is 30.3 Å². The van der Waals surface area contributed by atoms with Gasteiger partial charge in [0.2, 0.25) is 0 Å². The molecule has 1 aliphatic heterocycles. The maximum Gasteiger partial charge on any atom is 0.141 e. The number of aromatic nitrogens is 2. The molecule has 0 radical (unpaired) electrons. The van der Waals surface area contributed by atoms with Gasteiger partial charge in [0, 0.05) is 59.1 Å². The van der Waals surface area contributed by atoms with E-state index >= 15 is 0 Å². The first-order valence-electron chi connectivity index (χ1n) is 12.2. The van der Waals surface area contributed by atoms with Crippen molar-refractivity contribution in [3.63, 3.8) is 0 Å². The van der Waals surface area contributed by atoms with Crippen LogP contribution in [0.15, 0.2) is 79.1 Å². The SMILES string of the molecule is O=S1CCN(CCCOc2ccc3c(Nc4ccc(OCc5ccccc5)cc4)ncnc3c2)CC1. The molecule has 1 N–H and O–H groups in total. The standard InChI is InChI=1S/C28H30N4O3S/c33-36-17-14-32(15-18-36)13-4-16-34-25-11-12-26-27(19-25)29-21-30-28(26)31-23-7-9-24(10-8-23)35-20-22-5-2-1-3-6-22/h1-3,5-12,19,21H,4,13-18,20H2,(H,29,30,31). The average molecular weight is 503 g/mol. The molecule has 0 bridgehead atoms. The lowest BCUT2D eigenvalue weighted by Crippen LogP contribution is -2.38. The van der Waals surface area contributed by atoms with E-state index in [1.807, 2.05) is 72.8 Å². The molecule has 1 fully saturated rings. The molecule has 0 unspecified atom stereocenters. The van der Waals surface area contributed by atoms with E-state index in [9.17, 15) is 4.21 Å². The van der Waals surface area contributed by atoms with Crippen LogP contribution in [-0.2, 0) is 17.4 Å². The van der Waals surface area contributed by atoms with Gasteiger partial charge in [-0.3, -0.25) is 4.21 Å². The molecule has 36 heavy (non-hydrogen) atoms. The largest absolute Gasteiger partial charge is 0.493 e. The van der Waals surface area contributed by atoms with E-state index in [-0.39, 0.29) is 0 Å². The van der Waals surface area contributed by atoms with Gasteiger partial charge in [0.15, 0.2) is 0 Å². The minimum Gasteiger partial charge on any atom is -0.493 e. The highest BCUT2D eigenvalue weighted by Crippen LogP contribution is 2.27. The summed E-state index contributed by atoms with van der Waals surface area (Å²) in [6.07, 6.45) is 2.50. The summed E-state index contributed by atoms with van der Waals surface area (Å²) in [7, 11) is -0.631. The van der Waals surface area contributed by atoms with Crippen LogP contribution in [0.1, 0.15) is 12.0 Å². The third-order valence-corrected chi connectivity index (χ3v) is 7.41. The number of fused-ring (bicyclic) bond motifs is 1. The second-order valence-corrected chi connectivity index (χ2v) is 10.4.